The second-order valence-electron chi connectivity index (χ2n) is 8.87. The summed E-state index contributed by atoms with van der Waals surface area (Å²) in [5, 5.41) is 0. The molecule has 35 heavy (non-hydrogen) atoms. The van der Waals surface area contributed by atoms with E-state index in [-0.39, 0.29) is 38.7 Å². The normalized spacial score (nSPS) is 22.1. The average molecular weight is 489 g/mol. The van der Waals surface area contributed by atoms with Crippen LogP contribution in [0, 0.1) is 13.8 Å². The lowest BCUT2D eigenvalue weighted by Crippen LogP contribution is -2.11. The smallest absolute Gasteiger partial charge is 0.189 e. The Hall–Kier alpha value is -2.40. The first-order chi connectivity index (χ1) is 17.2. The Labute approximate surface area is 205 Å². The van der Waals surface area contributed by atoms with E-state index in [1.54, 1.807) is 0 Å². The quantitative estimate of drug-likeness (QED) is 0.201. The minimum absolute atomic E-state index is 0.105. The summed E-state index contributed by atoms with van der Waals surface area (Å²) in [6.07, 6.45) is 0.585. The van der Waals surface area contributed by atoms with Crippen molar-refractivity contribution in [2.75, 3.05) is 60.0 Å². The van der Waals surface area contributed by atoms with Gasteiger partial charge in [0.05, 0.1) is 39.6 Å². The number of rotatable bonds is 16. The van der Waals surface area contributed by atoms with Gasteiger partial charge in [-0.15, -0.1) is 0 Å². The zero-order chi connectivity index (χ0) is 24.0. The fourth-order valence-corrected chi connectivity index (χ4v) is 3.53. The Morgan fingerprint density at radius 1 is 0.629 bits per heavy atom. The van der Waals surface area contributed by atoms with Crippen LogP contribution in [0.3, 0.4) is 0 Å². The van der Waals surface area contributed by atoms with Crippen molar-refractivity contribution in [1.82, 2.24) is 0 Å². The lowest BCUT2D eigenvalue weighted by atomic mass is 10.00. The van der Waals surface area contributed by atoms with Crippen molar-refractivity contribution in [2.45, 2.75) is 32.2 Å². The molecule has 0 spiro atoms. The van der Waals surface area contributed by atoms with Gasteiger partial charge in [0.2, 0.25) is 0 Å². The number of ether oxygens (including phenoxy) is 9. The molecule has 9 nitrogen and oxygen atoms in total. The topological polar surface area (TPSA) is 93.0 Å². The fraction of sp³-hybridized carbons (Fsp3) is 0.538. The molecule has 0 amide bonds. The van der Waals surface area contributed by atoms with Gasteiger partial charge in [0.25, 0.3) is 0 Å². The van der Waals surface area contributed by atoms with E-state index < -0.39 is 0 Å². The van der Waals surface area contributed by atoms with Crippen LogP contribution in [-0.4, -0.2) is 78.3 Å². The molecule has 0 saturated carbocycles. The van der Waals surface area contributed by atoms with E-state index in [1.807, 2.05) is 32.0 Å². The molecule has 2 aromatic carbocycles. The van der Waals surface area contributed by atoms with E-state index in [1.165, 1.54) is 0 Å². The van der Waals surface area contributed by atoms with E-state index in [4.69, 9.17) is 42.6 Å². The van der Waals surface area contributed by atoms with Crippen LogP contribution in [-0.2, 0) is 28.4 Å². The molecule has 3 fully saturated rings. The molecule has 2 aromatic rings. The Bertz CT molecular complexity index is 983. The van der Waals surface area contributed by atoms with Gasteiger partial charge in [0.15, 0.2) is 31.9 Å². The van der Waals surface area contributed by atoms with Crippen molar-refractivity contribution in [3.63, 3.8) is 0 Å². The van der Waals surface area contributed by atoms with E-state index >= 15 is 0 Å². The van der Waals surface area contributed by atoms with Gasteiger partial charge in [-0.25, -0.2) is 0 Å². The Morgan fingerprint density at radius 3 is 1.69 bits per heavy atom. The molecule has 3 saturated heterocycles. The van der Waals surface area contributed by atoms with Crippen LogP contribution in [0.5, 0.6) is 17.2 Å². The monoisotopic (exact) mass is 488 g/mol. The summed E-state index contributed by atoms with van der Waals surface area (Å²) in [5.41, 5.74) is 3.98. The lowest BCUT2D eigenvalue weighted by Gasteiger charge is -2.17. The van der Waals surface area contributed by atoms with Crippen LogP contribution in [0.15, 0.2) is 30.3 Å². The summed E-state index contributed by atoms with van der Waals surface area (Å²) >= 11 is 0. The molecule has 0 N–H and O–H groups in total. The van der Waals surface area contributed by atoms with Crippen LogP contribution in [0.4, 0.5) is 0 Å². The molecule has 3 aliphatic rings. The van der Waals surface area contributed by atoms with Gasteiger partial charge >= 0.3 is 0 Å². The summed E-state index contributed by atoms with van der Waals surface area (Å²) in [4.78, 5) is 0. The SMILES string of the molecule is Cc1cc(-c2cc(C)c(OCOCC3CO3)c(OCOCC3CO3)c2)ccc1OCOCC1CO1. The lowest BCUT2D eigenvalue weighted by molar-refractivity contribution is -0.00669. The fourth-order valence-electron chi connectivity index (χ4n) is 3.53. The Balaban J connectivity index is 1.24. The average Bonchev–Trinajstić information content (AvgIpc) is 3.68. The van der Waals surface area contributed by atoms with Crippen LogP contribution in [0.1, 0.15) is 11.1 Å². The number of epoxide rings is 3. The largest absolute Gasteiger partial charge is 0.467 e. The number of hydrogen-bond donors (Lipinski definition) is 0. The van der Waals surface area contributed by atoms with Gasteiger partial charge in [0, 0.05) is 0 Å². The summed E-state index contributed by atoms with van der Waals surface area (Å²) in [5.74, 6) is 2.01. The second kappa shape index (κ2) is 11.6. The van der Waals surface area contributed by atoms with Gasteiger partial charge in [-0.3, -0.25) is 0 Å². The highest BCUT2D eigenvalue weighted by Crippen LogP contribution is 2.37. The third kappa shape index (κ3) is 7.54. The molecule has 9 heteroatoms. The van der Waals surface area contributed by atoms with Crippen LogP contribution >= 0.6 is 0 Å². The first-order valence-corrected chi connectivity index (χ1v) is 11.9. The summed E-state index contributed by atoms with van der Waals surface area (Å²) in [7, 11) is 0. The maximum absolute atomic E-state index is 5.96. The maximum atomic E-state index is 5.96. The molecule has 3 aliphatic heterocycles. The highest BCUT2D eigenvalue weighted by atomic mass is 16.7. The van der Waals surface area contributed by atoms with E-state index in [2.05, 4.69) is 12.1 Å². The van der Waals surface area contributed by atoms with Crippen molar-refractivity contribution in [3.05, 3.63) is 41.5 Å². The first-order valence-electron chi connectivity index (χ1n) is 11.9. The minimum atomic E-state index is 0.105. The zero-order valence-electron chi connectivity index (χ0n) is 20.2. The molecule has 3 atom stereocenters. The molecule has 3 unspecified atom stereocenters. The number of aryl methyl sites for hydroxylation is 2. The molecular weight excluding hydrogens is 456 g/mol. The molecule has 0 aliphatic carbocycles. The Morgan fingerprint density at radius 2 is 1.14 bits per heavy atom. The van der Waals surface area contributed by atoms with Crippen molar-refractivity contribution < 1.29 is 42.6 Å². The molecule has 5 rings (SSSR count). The van der Waals surface area contributed by atoms with Crippen molar-refractivity contribution >= 4 is 0 Å². The van der Waals surface area contributed by atoms with Crippen LogP contribution in [0.2, 0.25) is 0 Å². The van der Waals surface area contributed by atoms with E-state index in [9.17, 15) is 0 Å². The molecule has 0 radical (unpaired) electrons. The Kier molecular flexibility index (Phi) is 8.02. The molecule has 3 heterocycles. The van der Waals surface area contributed by atoms with Crippen molar-refractivity contribution in [1.29, 1.82) is 0 Å². The summed E-state index contributed by atoms with van der Waals surface area (Å²) in [6.45, 7) is 8.27. The standard InChI is InChI=1S/C26H32O9/c1-17-5-19(3-4-24(17)33-14-27-8-21-11-30-21)20-6-18(2)26(35-16-29-10-23-13-32-23)25(7-20)34-15-28-9-22-12-31-22/h3-7,21-23H,8-16H2,1-2H3. The second-order valence-corrected chi connectivity index (χ2v) is 8.87. The van der Waals surface area contributed by atoms with Crippen LogP contribution in [0.25, 0.3) is 11.1 Å². The maximum Gasteiger partial charge on any atom is 0.189 e. The number of hydrogen-bond acceptors (Lipinski definition) is 9. The predicted octanol–water partition coefficient (Wildman–Crippen LogP) is 3.23. The van der Waals surface area contributed by atoms with E-state index in [0.717, 1.165) is 47.8 Å². The van der Waals surface area contributed by atoms with Crippen LogP contribution < -0.4 is 14.2 Å². The van der Waals surface area contributed by atoms with Gasteiger partial charge in [0.1, 0.15) is 24.1 Å². The molecular formula is C26H32O9. The predicted molar refractivity (Wildman–Crippen MR) is 125 cm³/mol. The highest BCUT2D eigenvalue weighted by Gasteiger charge is 2.24. The number of benzene rings is 2. The van der Waals surface area contributed by atoms with Crippen molar-refractivity contribution in [3.8, 4) is 28.4 Å². The van der Waals surface area contributed by atoms with Gasteiger partial charge in [-0.2, -0.15) is 0 Å². The van der Waals surface area contributed by atoms with E-state index in [0.29, 0.717) is 31.3 Å². The minimum Gasteiger partial charge on any atom is -0.467 e. The first kappa shape index (κ1) is 24.3. The third-order valence-corrected chi connectivity index (χ3v) is 5.75. The summed E-state index contributed by atoms with van der Waals surface area (Å²) < 4.78 is 49.7. The highest BCUT2D eigenvalue weighted by molar-refractivity contribution is 5.70. The van der Waals surface area contributed by atoms with Gasteiger partial charge < -0.3 is 42.6 Å². The van der Waals surface area contributed by atoms with Gasteiger partial charge in [-0.1, -0.05) is 6.07 Å². The molecule has 0 bridgehead atoms. The van der Waals surface area contributed by atoms with Gasteiger partial charge in [-0.05, 0) is 60.4 Å². The molecule has 190 valence electrons. The van der Waals surface area contributed by atoms with Crippen molar-refractivity contribution in [2.24, 2.45) is 0 Å². The third-order valence-electron chi connectivity index (χ3n) is 5.75. The zero-order valence-corrected chi connectivity index (χ0v) is 20.2. The summed E-state index contributed by atoms with van der Waals surface area (Å²) in [6, 6.07) is 10.1. The molecule has 0 aromatic heterocycles.